The summed E-state index contributed by atoms with van der Waals surface area (Å²) in [4.78, 5) is 20.0. The highest BCUT2D eigenvalue weighted by molar-refractivity contribution is 6.11. The highest BCUT2D eigenvalue weighted by Gasteiger charge is 2.31. The summed E-state index contributed by atoms with van der Waals surface area (Å²) in [5.41, 5.74) is 2.06. The molecule has 4 aromatic rings. The van der Waals surface area contributed by atoms with Crippen molar-refractivity contribution in [2.75, 3.05) is 25.1 Å². The van der Waals surface area contributed by atoms with Crippen LogP contribution in [0.4, 0.5) is 10.2 Å². The van der Waals surface area contributed by atoms with Crippen LogP contribution in [-0.2, 0) is 7.05 Å². The van der Waals surface area contributed by atoms with E-state index < -0.39 is 5.82 Å². The number of anilines is 1. The number of nitrogens with one attached hydrogen (secondary N) is 1. The quantitative estimate of drug-likeness (QED) is 0.490. The Kier molecular flexibility index (Phi) is 5.93. The molecule has 3 heterocycles. The number of piperidine rings is 1. The molecule has 1 fully saturated rings. The van der Waals surface area contributed by atoms with Gasteiger partial charge in [-0.15, -0.1) is 5.10 Å². The Morgan fingerprint density at radius 3 is 2.71 bits per heavy atom. The van der Waals surface area contributed by atoms with Crippen LogP contribution in [0.3, 0.4) is 0 Å². The Bertz CT molecular complexity index is 1330. The van der Waals surface area contributed by atoms with Gasteiger partial charge in [0.25, 0.3) is 5.91 Å². The van der Waals surface area contributed by atoms with Crippen LogP contribution in [0.1, 0.15) is 23.2 Å². The van der Waals surface area contributed by atoms with Crippen molar-refractivity contribution >= 4 is 22.5 Å². The van der Waals surface area contributed by atoms with E-state index in [1.54, 1.807) is 54.2 Å². The average molecular weight is 461 g/mol. The summed E-state index contributed by atoms with van der Waals surface area (Å²) in [6.07, 6.45) is 5.11. The molecule has 0 aliphatic carbocycles. The molecule has 1 aliphatic rings. The maximum Gasteiger partial charge on any atom is 0.259 e. The number of aryl methyl sites for hydroxylation is 1. The van der Waals surface area contributed by atoms with Crippen LogP contribution in [0.15, 0.2) is 54.9 Å². The second-order valence-corrected chi connectivity index (χ2v) is 8.34. The van der Waals surface area contributed by atoms with E-state index in [1.807, 2.05) is 18.3 Å². The van der Waals surface area contributed by atoms with E-state index in [1.165, 1.54) is 6.07 Å². The predicted octanol–water partition coefficient (Wildman–Crippen LogP) is 3.58. The lowest BCUT2D eigenvalue weighted by molar-refractivity contribution is 0.0972. The fourth-order valence-electron chi connectivity index (χ4n) is 4.47. The largest absolute Gasteiger partial charge is 0.496 e. The molecule has 2 aromatic carbocycles. The van der Waals surface area contributed by atoms with Crippen LogP contribution in [0, 0.1) is 5.82 Å². The van der Waals surface area contributed by atoms with Crippen molar-refractivity contribution in [3.05, 3.63) is 66.2 Å². The number of hydrogen-bond acceptors (Lipinski definition) is 6. The maximum absolute atomic E-state index is 15.1. The van der Waals surface area contributed by atoms with E-state index in [0.29, 0.717) is 29.1 Å². The summed E-state index contributed by atoms with van der Waals surface area (Å²) in [7, 11) is 3.34. The molecule has 34 heavy (non-hydrogen) atoms. The number of carbonyl (C=O) groups excluding carboxylic acids is 1. The summed E-state index contributed by atoms with van der Waals surface area (Å²) in [5.74, 6) is 0.147. The van der Waals surface area contributed by atoms with Crippen molar-refractivity contribution in [2.24, 2.45) is 7.05 Å². The number of hydrogen-bond donors (Lipinski definition) is 1. The zero-order valence-corrected chi connectivity index (χ0v) is 19.0. The highest BCUT2D eigenvalue weighted by atomic mass is 19.1. The van der Waals surface area contributed by atoms with Crippen molar-refractivity contribution in [3.63, 3.8) is 0 Å². The Morgan fingerprint density at radius 2 is 2.03 bits per heavy atom. The Hall–Kier alpha value is -3.85. The van der Waals surface area contributed by atoms with Gasteiger partial charge in [0.2, 0.25) is 0 Å². The van der Waals surface area contributed by atoms with Crippen LogP contribution in [-0.4, -0.2) is 52.1 Å². The monoisotopic (exact) mass is 460 g/mol. The molecule has 8 nitrogen and oxygen atoms in total. The minimum atomic E-state index is -0.446. The normalized spacial score (nSPS) is 15.9. The van der Waals surface area contributed by atoms with Gasteiger partial charge in [-0.2, -0.15) is 0 Å². The Morgan fingerprint density at radius 1 is 1.21 bits per heavy atom. The second-order valence-electron chi connectivity index (χ2n) is 8.34. The van der Waals surface area contributed by atoms with E-state index in [2.05, 4.69) is 20.6 Å². The number of benzene rings is 2. The Balaban J connectivity index is 1.59. The summed E-state index contributed by atoms with van der Waals surface area (Å²) >= 11 is 0. The predicted molar refractivity (Wildman–Crippen MR) is 127 cm³/mol. The molecule has 0 spiro atoms. The number of fused-ring (bicyclic) bond motifs is 1. The van der Waals surface area contributed by atoms with E-state index in [-0.39, 0.29) is 17.3 Å². The van der Waals surface area contributed by atoms with E-state index in [0.717, 1.165) is 30.6 Å². The number of ether oxygens (including phenoxy) is 1. The fraction of sp³-hybridized carbons (Fsp3) is 0.280. The number of aromatic nitrogens is 4. The number of nitrogens with zero attached hydrogens (tertiary/aromatic N) is 5. The van der Waals surface area contributed by atoms with Crippen LogP contribution in [0.2, 0.25) is 0 Å². The van der Waals surface area contributed by atoms with Gasteiger partial charge in [-0.1, -0.05) is 17.3 Å². The van der Waals surface area contributed by atoms with Crippen LogP contribution < -0.4 is 15.0 Å². The topological polar surface area (TPSA) is 85.2 Å². The third-order valence-electron chi connectivity index (χ3n) is 6.15. The lowest BCUT2D eigenvalue weighted by Crippen LogP contribution is -2.49. The van der Waals surface area contributed by atoms with Crippen molar-refractivity contribution in [1.29, 1.82) is 0 Å². The van der Waals surface area contributed by atoms with Crippen molar-refractivity contribution in [2.45, 2.75) is 18.9 Å². The number of pyridine rings is 1. The number of amides is 1. The van der Waals surface area contributed by atoms with Crippen LogP contribution in [0.5, 0.6) is 5.75 Å². The molecule has 0 unspecified atom stereocenters. The average Bonchev–Trinajstić information content (AvgIpc) is 3.31. The van der Waals surface area contributed by atoms with E-state index >= 15 is 4.39 Å². The first-order valence-corrected chi connectivity index (χ1v) is 11.2. The molecule has 174 valence electrons. The standard InChI is InChI=1S/C25H25FN6O2/c1-31-15-21(29-30-31)16-5-7-17(8-6-16)25(33)32(18-4-3-12-27-14-18)24-23-19(11-13-28-24)22(34-2)10-9-20(23)26/h5-11,13,15,18,27H,3-4,12,14H2,1-2H3/t18-/m1/s1. The Labute approximate surface area is 196 Å². The molecule has 9 heteroatoms. The molecule has 1 aliphatic heterocycles. The van der Waals surface area contributed by atoms with Crippen molar-refractivity contribution in [1.82, 2.24) is 25.3 Å². The molecule has 1 atom stereocenters. The number of methoxy groups -OCH3 is 1. The van der Waals surface area contributed by atoms with Gasteiger partial charge >= 0.3 is 0 Å². The van der Waals surface area contributed by atoms with Crippen LogP contribution in [0.25, 0.3) is 22.0 Å². The van der Waals surface area contributed by atoms with Gasteiger partial charge in [-0.3, -0.25) is 14.4 Å². The zero-order chi connectivity index (χ0) is 23.7. The number of carbonyl (C=O) groups is 1. The zero-order valence-electron chi connectivity index (χ0n) is 19.0. The number of halogens is 1. The van der Waals surface area contributed by atoms with Gasteiger partial charge in [-0.05, 0) is 49.7 Å². The van der Waals surface area contributed by atoms with Gasteiger partial charge in [-0.25, -0.2) is 9.37 Å². The number of rotatable bonds is 5. The first-order chi connectivity index (χ1) is 16.6. The highest BCUT2D eigenvalue weighted by Crippen LogP contribution is 2.35. The maximum atomic E-state index is 15.1. The second kappa shape index (κ2) is 9.18. The van der Waals surface area contributed by atoms with Gasteiger partial charge < -0.3 is 10.1 Å². The lowest BCUT2D eigenvalue weighted by atomic mass is 10.0. The van der Waals surface area contributed by atoms with E-state index in [9.17, 15) is 4.79 Å². The molecule has 0 bridgehead atoms. The molecule has 1 N–H and O–H groups in total. The minimum Gasteiger partial charge on any atom is -0.496 e. The summed E-state index contributed by atoms with van der Waals surface area (Å²) in [6.45, 7) is 1.49. The van der Waals surface area contributed by atoms with Gasteiger partial charge in [0, 0.05) is 36.3 Å². The molecular formula is C25H25FN6O2. The molecule has 5 rings (SSSR count). The van der Waals surface area contributed by atoms with Crippen LogP contribution >= 0.6 is 0 Å². The molecule has 2 aromatic heterocycles. The smallest absolute Gasteiger partial charge is 0.259 e. The minimum absolute atomic E-state index is 0.162. The van der Waals surface area contributed by atoms with Gasteiger partial charge in [0.05, 0.1) is 24.7 Å². The summed E-state index contributed by atoms with van der Waals surface area (Å²) in [5, 5.41) is 12.3. The molecular weight excluding hydrogens is 435 g/mol. The molecule has 0 saturated carbocycles. The third kappa shape index (κ3) is 3.99. The lowest BCUT2D eigenvalue weighted by Gasteiger charge is -2.34. The first-order valence-electron chi connectivity index (χ1n) is 11.2. The SMILES string of the molecule is COc1ccc(F)c2c(N(C(=O)c3ccc(-c4cn(C)nn4)cc3)[C@@H]3CCCNC3)nccc12. The fourth-order valence-corrected chi connectivity index (χ4v) is 4.47. The molecule has 1 saturated heterocycles. The first kappa shape index (κ1) is 22.0. The summed E-state index contributed by atoms with van der Waals surface area (Å²) < 4.78 is 22.2. The van der Waals surface area contributed by atoms with Crippen molar-refractivity contribution in [3.8, 4) is 17.0 Å². The van der Waals surface area contributed by atoms with Gasteiger partial charge in [0.15, 0.2) is 0 Å². The summed E-state index contributed by atoms with van der Waals surface area (Å²) in [6, 6.07) is 11.7. The molecule has 1 amide bonds. The van der Waals surface area contributed by atoms with Crippen molar-refractivity contribution < 1.29 is 13.9 Å². The third-order valence-corrected chi connectivity index (χ3v) is 6.15. The van der Waals surface area contributed by atoms with E-state index in [4.69, 9.17) is 4.74 Å². The van der Waals surface area contributed by atoms with Gasteiger partial charge in [0.1, 0.15) is 23.1 Å². The molecule has 0 radical (unpaired) electrons.